The Labute approximate surface area is 211 Å². The van der Waals surface area contributed by atoms with E-state index >= 15 is 0 Å². The van der Waals surface area contributed by atoms with Crippen LogP contribution in [-0.4, -0.2) is 65.6 Å². The second-order valence-electron chi connectivity index (χ2n) is 9.27. The highest BCUT2D eigenvalue weighted by Crippen LogP contribution is 2.38. The van der Waals surface area contributed by atoms with E-state index in [0.29, 0.717) is 41.6 Å². The highest BCUT2D eigenvalue weighted by molar-refractivity contribution is 7.46. The van der Waals surface area contributed by atoms with Crippen molar-refractivity contribution in [2.24, 2.45) is 0 Å². The minimum Gasteiger partial charge on any atom is -0.444 e. The number of carbonyl (C=O) groups is 1. The Bertz CT molecular complexity index is 1330. The summed E-state index contributed by atoms with van der Waals surface area (Å²) in [6.45, 7) is 1.94. The lowest BCUT2D eigenvalue weighted by Gasteiger charge is -2.14. The standard InChI is InChI=1S/C21H28N7O8P/c1-21(3-4-21)24-20(29)36-14-8-17(34-11-14)15-9-18(28(26-15)12-35-37(30,31)32)23-19-16-7-13(10-33-2)25-27(16)6-5-22-19/h5-7,9,14,17H,3-4,8,10-12H2,1-2H3,(H,22,23)(H,24,29)(H2,30,31,32)/t14-,17-/m1/s1. The Morgan fingerprint density at radius 3 is 2.86 bits per heavy atom. The molecule has 15 nitrogen and oxygen atoms in total. The van der Waals surface area contributed by atoms with Crippen LogP contribution in [0.1, 0.15) is 43.7 Å². The molecule has 3 aromatic rings. The quantitative estimate of drug-likeness (QED) is 0.276. The fourth-order valence-electron chi connectivity index (χ4n) is 3.96. The van der Waals surface area contributed by atoms with Crippen molar-refractivity contribution in [2.45, 2.75) is 57.3 Å². The number of ether oxygens (including phenoxy) is 3. The van der Waals surface area contributed by atoms with Gasteiger partial charge in [0.15, 0.2) is 12.5 Å². The van der Waals surface area contributed by atoms with Crippen LogP contribution in [0.4, 0.5) is 16.4 Å². The maximum absolute atomic E-state index is 12.2. The molecule has 0 bridgehead atoms. The molecule has 0 radical (unpaired) electrons. The summed E-state index contributed by atoms with van der Waals surface area (Å²) >= 11 is 0. The number of methoxy groups -OCH3 is 1. The first-order valence-corrected chi connectivity index (χ1v) is 13.1. The van der Waals surface area contributed by atoms with Gasteiger partial charge in [-0.05, 0) is 25.8 Å². The van der Waals surface area contributed by atoms with Crippen molar-refractivity contribution in [3.63, 3.8) is 0 Å². The van der Waals surface area contributed by atoms with Crippen molar-refractivity contribution in [1.29, 1.82) is 0 Å². The number of phosphoric ester groups is 1. The Morgan fingerprint density at radius 1 is 1.32 bits per heavy atom. The lowest BCUT2D eigenvalue weighted by atomic mass is 10.1. The lowest BCUT2D eigenvalue weighted by Crippen LogP contribution is -2.37. The molecule has 4 N–H and O–H groups in total. The van der Waals surface area contributed by atoms with Crippen LogP contribution in [0.25, 0.3) is 5.52 Å². The molecule has 1 amide bonds. The molecule has 1 saturated carbocycles. The average molecular weight is 537 g/mol. The number of hydrogen-bond acceptors (Lipinski definition) is 10. The fraction of sp³-hybridized carbons (Fsp3) is 0.524. The van der Waals surface area contributed by atoms with E-state index < -0.39 is 32.9 Å². The number of nitrogens with zero attached hydrogens (tertiary/aromatic N) is 5. The molecule has 4 heterocycles. The topological polar surface area (TPSA) is 184 Å². The largest absolute Gasteiger partial charge is 0.471 e. The van der Waals surface area contributed by atoms with Gasteiger partial charge in [0.25, 0.3) is 0 Å². The summed E-state index contributed by atoms with van der Waals surface area (Å²) in [7, 11) is -3.19. The molecule has 3 aromatic heterocycles. The van der Waals surface area contributed by atoms with Gasteiger partial charge in [0.05, 0.1) is 24.6 Å². The van der Waals surface area contributed by atoms with Crippen LogP contribution >= 0.6 is 7.82 Å². The summed E-state index contributed by atoms with van der Waals surface area (Å²) in [5, 5.41) is 14.8. The third-order valence-electron chi connectivity index (χ3n) is 6.09. The summed E-state index contributed by atoms with van der Waals surface area (Å²) in [5.41, 5.74) is 1.63. The van der Waals surface area contributed by atoms with Crippen LogP contribution < -0.4 is 10.6 Å². The van der Waals surface area contributed by atoms with E-state index in [1.807, 2.05) is 13.0 Å². The minimum absolute atomic E-state index is 0.190. The first-order chi connectivity index (χ1) is 17.6. The molecular formula is C21H28N7O8P. The number of nitrogens with one attached hydrogen (secondary N) is 2. The van der Waals surface area contributed by atoms with Gasteiger partial charge in [0.1, 0.15) is 23.5 Å². The molecule has 1 aliphatic carbocycles. The SMILES string of the molecule is COCc1cc2c(Nc3cc([C@H]4C[C@@H](OC(=O)NC5(C)CC5)CO4)nn3COP(=O)(O)O)nccn2n1. The first kappa shape index (κ1) is 25.6. The zero-order valence-electron chi connectivity index (χ0n) is 20.2. The maximum Gasteiger partial charge on any atom is 0.471 e. The Balaban J connectivity index is 1.34. The van der Waals surface area contributed by atoms with Crippen molar-refractivity contribution in [3.8, 4) is 0 Å². The molecular weight excluding hydrogens is 509 g/mol. The van der Waals surface area contributed by atoms with Gasteiger partial charge in [-0.25, -0.2) is 23.5 Å². The zero-order chi connectivity index (χ0) is 26.2. The van der Waals surface area contributed by atoms with Gasteiger partial charge < -0.3 is 34.6 Å². The summed E-state index contributed by atoms with van der Waals surface area (Å²) in [6.07, 6.45) is 4.02. The number of phosphoric acid groups is 1. The van der Waals surface area contributed by atoms with Crippen molar-refractivity contribution >= 4 is 31.1 Å². The molecule has 37 heavy (non-hydrogen) atoms. The molecule has 2 fully saturated rings. The number of anilines is 2. The first-order valence-electron chi connectivity index (χ1n) is 11.6. The number of hydrogen-bond donors (Lipinski definition) is 4. The lowest BCUT2D eigenvalue weighted by molar-refractivity contribution is 0.0670. The predicted molar refractivity (Wildman–Crippen MR) is 127 cm³/mol. The van der Waals surface area contributed by atoms with Crippen molar-refractivity contribution in [3.05, 3.63) is 35.9 Å². The summed E-state index contributed by atoms with van der Waals surface area (Å²) in [6, 6.07) is 3.47. The van der Waals surface area contributed by atoms with E-state index in [9.17, 15) is 19.1 Å². The smallest absolute Gasteiger partial charge is 0.444 e. The number of rotatable bonds is 10. The van der Waals surface area contributed by atoms with Crippen molar-refractivity contribution < 1.29 is 37.9 Å². The average Bonchev–Trinajstić information content (AvgIpc) is 3.20. The van der Waals surface area contributed by atoms with Gasteiger partial charge in [-0.15, -0.1) is 0 Å². The normalized spacial score (nSPS) is 20.8. The summed E-state index contributed by atoms with van der Waals surface area (Å²) in [4.78, 5) is 34.9. The van der Waals surface area contributed by atoms with Crippen LogP contribution in [-0.2, 0) is 36.6 Å². The van der Waals surface area contributed by atoms with E-state index in [-0.39, 0.29) is 12.1 Å². The predicted octanol–water partition coefficient (Wildman–Crippen LogP) is 1.99. The highest BCUT2D eigenvalue weighted by atomic mass is 31.2. The zero-order valence-corrected chi connectivity index (χ0v) is 21.1. The Morgan fingerprint density at radius 2 is 2.14 bits per heavy atom. The monoisotopic (exact) mass is 537 g/mol. The fourth-order valence-corrected chi connectivity index (χ4v) is 4.22. The number of amides is 1. The van der Waals surface area contributed by atoms with E-state index in [0.717, 1.165) is 12.8 Å². The molecule has 200 valence electrons. The van der Waals surface area contributed by atoms with Crippen LogP contribution in [0.5, 0.6) is 0 Å². The van der Waals surface area contributed by atoms with Gasteiger partial charge in [0.2, 0.25) is 0 Å². The number of alkyl carbamates (subject to hydrolysis) is 1. The molecule has 2 atom stereocenters. The van der Waals surface area contributed by atoms with Gasteiger partial charge in [0, 0.05) is 37.5 Å². The second-order valence-corrected chi connectivity index (χ2v) is 10.5. The summed E-state index contributed by atoms with van der Waals surface area (Å²) < 4.78 is 35.3. The van der Waals surface area contributed by atoms with Crippen LogP contribution in [0.2, 0.25) is 0 Å². The second kappa shape index (κ2) is 10.0. The van der Waals surface area contributed by atoms with Crippen LogP contribution in [0.15, 0.2) is 24.5 Å². The Hall–Kier alpha value is -3.07. The van der Waals surface area contributed by atoms with Crippen LogP contribution in [0, 0.1) is 0 Å². The number of carbonyl (C=O) groups excluding carboxylic acids is 1. The van der Waals surface area contributed by atoms with E-state index in [1.165, 1.54) is 4.68 Å². The van der Waals surface area contributed by atoms with Gasteiger partial charge in [-0.1, -0.05) is 0 Å². The third kappa shape index (κ3) is 6.26. The number of fused-ring (bicyclic) bond motifs is 1. The van der Waals surface area contributed by atoms with Gasteiger partial charge in [-0.2, -0.15) is 10.2 Å². The molecule has 1 aliphatic heterocycles. The van der Waals surface area contributed by atoms with Crippen molar-refractivity contribution in [2.75, 3.05) is 19.0 Å². The third-order valence-corrected chi connectivity index (χ3v) is 6.55. The molecule has 0 unspecified atom stereocenters. The summed E-state index contributed by atoms with van der Waals surface area (Å²) in [5.74, 6) is 0.783. The maximum atomic E-state index is 12.2. The molecule has 0 spiro atoms. The number of aromatic nitrogens is 5. The van der Waals surface area contributed by atoms with Crippen LogP contribution in [0.3, 0.4) is 0 Å². The van der Waals surface area contributed by atoms with Gasteiger partial charge >= 0.3 is 13.9 Å². The van der Waals surface area contributed by atoms with E-state index in [2.05, 4.69) is 30.3 Å². The molecule has 5 rings (SSSR count). The Kier molecular flexibility index (Phi) is 6.91. The van der Waals surface area contributed by atoms with E-state index in [4.69, 9.17) is 14.2 Å². The molecule has 0 aromatic carbocycles. The highest BCUT2D eigenvalue weighted by Gasteiger charge is 2.40. The molecule has 2 aliphatic rings. The van der Waals surface area contributed by atoms with Crippen molar-refractivity contribution in [1.82, 2.24) is 29.7 Å². The van der Waals surface area contributed by atoms with E-state index in [1.54, 1.807) is 30.1 Å². The molecule has 1 saturated heterocycles. The minimum atomic E-state index is -4.76. The molecule has 16 heteroatoms. The van der Waals surface area contributed by atoms with Gasteiger partial charge in [-0.3, -0.25) is 4.52 Å².